The number of para-hydroxylation sites is 2. The van der Waals surface area contributed by atoms with Crippen LogP contribution in [-0.2, 0) is 16.1 Å². The summed E-state index contributed by atoms with van der Waals surface area (Å²) < 4.78 is 12.2. The fraction of sp³-hybridized carbons (Fsp3) is 0.105. The summed E-state index contributed by atoms with van der Waals surface area (Å²) in [5.74, 6) is -0.954. The smallest absolute Gasteiger partial charge is 0.342 e. The van der Waals surface area contributed by atoms with Gasteiger partial charge < -0.3 is 15.2 Å². The number of carbonyl (C=O) groups excluding carboxylic acids is 2. The summed E-state index contributed by atoms with van der Waals surface area (Å²) in [5, 5.41) is 4.38. The van der Waals surface area contributed by atoms with Crippen molar-refractivity contribution in [1.82, 2.24) is 9.78 Å². The van der Waals surface area contributed by atoms with Crippen molar-refractivity contribution in [2.75, 3.05) is 6.61 Å². The Hall–Kier alpha value is -3.61. The number of amides is 1. The Morgan fingerprint density at radius 1 is 1.00 bits per heavy atom. The topological polar surface area (TPSA) is 96.4 Å². The summed E-state index contributed by atoms with van der Waals surface area (Å²) in [7, 11) is 0. The maximum Gasteiger partial charge on any atom is 0.342 e. The van der Waals surface area contributed by atoms with Crippen molar-refractivity contribution in [2.45, 2.75) is 6.61 Å². The highest BCUT2D eigenvalue weighted by atomic mass is 16.5. The molecule has 132 valence electrons. The number of esters is 1. The number of rotatable bonds is 7. The minimum Gasteiger partial charge on any atom is -0.483 e. The quantitative estimate of drug-likeness (QED) is 0.658. The molecule has 3 rings (SSSR count). The van der Waals surface area contributed by atoms with Crippen LogP contribution in [0.5, 0.6) is 5.75 Å². The first-order chi connectivity index (χ1) is 12.6. The Bertz CT molecular complexity index is 906. The summed E-state index contributed by atoms with van der Waals surface area (Å²) in [4.78, 5) is 23.2. The van der Waals surface area contributed by atoms with Crippen molar-refractivity contribution in [3.05, 3.63) is 78.1 Å². The predicted octanol–water partition coefficient (Wildman–Crippen LogP) is 2.09. The van der Waals surface area contributed by atoms with Crippen molar-refractivity contribution >= 4 is 11.9 Å². The van der Waals surface area contributed by atoms with Crippen molar-refractivity contribution in [2.24, 2.45) is 5.73 Å². The highest BCUT2D eigenvalue weighted by molar-refractivity contribution is 5.92. The second kappa shape index (κ2) is 7.98. The van der Waals surface area contributed by atoms with Crippen LogP contribution in [0, 0.1) is 0 Å². The number of hydrogen-bond donors (Lipinski definition) is 1. The molecule has 7 nitrogen and oxygen atoms in total. The molecule has 0 saturated carbocycles. The van der Waals surface area contributed by atoms with Gasteiger partial charge in [-0.3, -0.25) is 4.79 Å². The van der Waals surface area contributed by atoms with Crippen molar-refractivity contribution in [3.8, 4) is 11.4 Å². The van der Waals surface area contributed by atoms with E-state index < -0.39 is 11.9 Å². The van der Waals surface area contributed by atoms with Gasteiger partial charge in [0.25, 0.3) is 5.91 Å². The molecule has 2 N–H and O–H groups in total. The van der Waals surface area contributed by atoms with Crippen LogP contribution < -0.4 is 10.5 Å². The van der Waals surface area contributed by atoms with Gasteiger partial charge in [-0.2, -0.15) is 5.10 Å². The molecular formula is C19H17N3O4. The first kappa shape index (κ1) is 17.2. The molecule has 1 heterocycles. The highest BCUT2D eigenvalue weighted by Crippen LogP contribution is 2.19. The minimum absolute atomic E-state index is 0.0167. The number of nitrogens with two attached hydrogens (primary N) is 1. The number of carbonyl (C=O) groups is 2. The van der Waals surface area contributed by atoms with Gasteiger partial charge in [0, 0.05) is 6.20 Å². The fourth-order valence-electron chi connectivity index (χ4n) is 2.29. The van der Waals surface area contributed by atoms with Crippen LogP contribution in [0.2, 0.25) is 0 Å². The average molecular weight is 351 g/mol. The lowest BCUT2D eigenvalue weighted by Gasteiger charge is -2.09. The summed E-state index contributed by atoms with van der Waals surface area (Å²) in [5.41, 5.74) is 6.80. The Labute approximate surface area is 150 Å². The molecule has 0 fully saturated rings. The molecule has 0 atom stereocenters. The number of hydrogen-bond acceptors (Lipinski definition) is 5. The van der Waals surface area contributed by atoms with E-state index in [0.717, 1.165) is 5.69 Å². The summed E-state index contributed by atoms with van der Waals surface area (Å²) >= 11 is 0. The maximum atomic E-state index is 12.3. The fourth-order valence-corrected chi connectivity index (χ4v) is 2.29. The van der Waals surface area contributed by atoms with E-state index in [1.807, 2.05) is 30.3 Å². The van der Waals surface area contributed by atoms with Gasteiger partial charge in [0.15, 0.2) is 6.61 Å². The molecular weight excluding hydrogens is 334 g/mol. The van der Waals surface area contributed by atoms with Crippen LogP contribution in [0.15, 0.2) is 66.9 Å². The SMILES string of the molecule is NC(=O)COc1ccccc1C(=O)OCc1ccn(-c2ccccc2)n1. The molecule has 2 aromatic carbocycles. The number of nitrogens with zero attached hydrogens (tertiary/aromatic N) is 2. The standard InChI is InChI=1S/C19H17N3O4/c20-18(23)13-25-17-9-5-4-8-16(17)19(24)26-12-14-10-11-22(21-14)15-6-2-1-3-7-15/h1-11H,12-13H2,(H2,20,23). The van der Waals surface area contributed by atoms with E-state index in [1.165, 1.54) is 0 Å². The number of ether oxygens (including phenoxy) is 2. The lowest BCUT2D eigenvalue weighted by Crippen LogP contribution is -2.21. The third-order valence-electron chi connectivity index (χ3n) is 3.49. The molecule has 0 unspecified atom stereocenters. The second-order valence-electron chi connectivity index (χ2n) is 5.41. The van der Waals surface area contributed by atoms with E-state index in [9.17, 15) is 9.59 Å². The van der Waals surface area contributed by atoms with Gasteiger partial charge in [-0.05, 0) is 30.3 Å². The van der Waals surface area contributed by atoms with E-state index in [-0.39, 0.29) is 24.5 Å². The van der Waals surface area contributed by atoms with Gasteiger partial charge >= 0.3 is 5.97 Å². The Morgan fingerprint density at radius 2 is 1.73 bits per heavy atom. The first-order valence-corrected chi connectivity index (χ1v) is 7.91. The van der Waals surface area contributed by atoms with Crippen molar-refractivity contribution in [3.63, 3.8) is 0 Å². The normalized spacial score (nSPS) is 10.3. The zero-order chi connectivity index (χ0) is 18.4. The monoisotopic (exact) mass is 351 g/mol. The van der Waals surface area contributed by atoms with Gasteiger partial charge in [-0.1, -0.05) is 30.3 Å². The summed E-state index contributed by atoms with van der Waals surface area (Å²) in [6.07, 6.45) is 1.79. The molecule has 1 aromatic heterocycles. The molecule has 0 aliphatic carbocycles. The van der Waals surface area contributed by atoms with E-state index in [0.29, 0.717) is 5.69 Å². The summed E-state index contributed by atoms with van der Waals surface area (Å²) in [6, 6.07) is 17.9. The van der Waals surface area contributed by atoms with Gasteiger partial charge in [-0.15, -0.1) is 0 Å². The van der Waals surface area contributed by atoms with Crippen LogP contribution in [0.4, 0.5) is 0 Å². The van der Waals surface area contributed by atoms with Crippen molar-refractivity contribution in [1.29, 1.82) is 0 Å². The lowest BCUT2D eigenvalue weighted by atomic mass is 10.2. The van der Waals surface area contributed by atoms with Crippen LogP contribution in [0.3, 0.4) is 0 Å². The lowest BCUT2D eigenvalue weighted by molar-refractivity contribution is -0.119. The molecule has 0 saturated heterocycles. The molecule has 0 aliphatic heterocycles. The van der Waals surface area contributed by atoms with Gasteiger partial charge in [0.1, 0.15) is 23.6 Å². The van der Waals surface area contributed by atoms with E-state index in [4.69, 9.17) is 15.2 Å². The molecule has 0 aliphatic rings. The van der Waals surface area contributed by atoms with Crippen LogP contribution in [0.1, 0.15) is 16.1 Å². The highest BCUT2D eigenvalue weighted by Gasteiger charge is 2.15. The molecule has 0 radical (unpaired) electrons. The Balaban J connectivity index is 1.65. The zero-order valence-corrected chi connectivity index (χ0v) is 13.9. The summed E-state index contributed by atoms with van der Waals surface area (Å²) in [6.45, 7) is -0.297. The van der Waals surface area contributed by atoms with Gasteiger partial charge in [0.05, 0.1) is 5.69 Å². The van der Waals surface area contributed by atoms with Crippen LogP contribution >= 0.6 is 0 Å². The molecule has 1 amide bonds. The Morgan fingerprint density at radius 3 is 2.50 bits per heavy atom. The second-order valence-corrected chi connectivity index (χ2v) is 5.41. The molecule has 26 heavy (non-hydrogen) atoms. The number of aromatic nitrogens is 2. The average Bonchev–Trinajstić information content (AvgIpc) is 3.14. The third-order valence-corrected chi connectivity index (χ3v) is 3.49. The molecule has 0 bridgehead atoms. The number of benzene rings is 2. The van der Waals surface area contributed by atoms with E-state index in [1.54, 1.807) is 41.2 Å². The molecule has 3 aromatic rings. The Kier molecular flexibility index (Phi) is 5.28. The minimum atomic E-state index is -0.625. The number of primary amides is 1. The van der Waals surface area contributed by atoms with Gasteiger partial charge in [-0.25, -0.2) is 9.48 Å². The maximum absolute atomic E-state index is 12.3. The van der Waals surface area contributed by atoms with E-state index in [2.05, 4.69) is 5.10 Å². The predicted molar refractivity (Wildman–Crippen MR) is 93.8 cm³/mol. The molecule has 0 spiro atoms. The van der Waals surface area contributed by atoms with E-state index >= 15 is 0 Å². The van der Waals surface area contributed by atoms with Crippen molar-refractivity contribution < 1.29 is 19.1 Å². The van der Waals surface area contributed by atoms with Gasteiger partial charge in [0.2, 0.25) is 0 Å². The third kappa shape index (κ3) is 4.27. The van der Waals surface area contributed by atoms with Crippen LogP contribution in [0.25, 0.3) is 5.69 Å². The first-order valence-electron chi connectivity index (χ1n) is 7.91. The molecule has 7 heteroatoms. The zero-order valence-electron chi connectivity index (χ0n) is 13.9. The largest absolute Gasteiger partial charge is 0.483 e. The van der Waals surface area contributed by atoms with Crippen LogP contribution in [-0.4, -0.2) is 28.3 Å².